The number of halogens is 2. The van der Waals surface area contributed by atoms with Crippen LogP contribution in [0.15, 0.2) is 18.3 Å². The molecule has 0 aliphatic carbocycles. The minimum Gasteiger partial charge on any atom is -0.326 e. The Morgan fingerprint density at radius 3 is 2.74 bits per heavy atom. The summed E-state index contributed by atoms with van der Waals surface area (Å²) in [7, 11) is 0. The molecule has 1 amide bonds. The molecule has 0 radical (unpaired) electrons. The lowest BCUT2D eigenvalue weighted by Crippen LogP contribution is -2.30. The monoisotopic (exact) mass is 305 g/mol. The molecule has 0 unspecified atom stereocenters. The molecule has 1 aliphatic heterocycles. The Morgan fingerprint density at radius 1 is 1.42 bits per heavy atom. The zero-order valence-corrected chi connectivity index (χ0v) is 12.6. The van der Waals surface area contributed by atoms with Crippen LogP contribution in [0.4, 0.5) is 5.69 Å². The van der Waals surface area contributed by atoms with Gasteiger partial charge in [0, 0.05) is 24.0 Å². The number of nitrogens with zero attached hydrogens (tertiary/aromatic N) is 1. The fraction of sp³-hybridized carbons (Fsp3) is 0.538. The van der Waals surface area contributed by atoms with E-state index in [1.54, 1.807) is 6.20 Å². The van der Waals surface area contributed by atoms with Gasteiger partial charge in [-0.1, -0.05) is 0 Å². The maximum Gasteiger partial charge on any atom is 0.224 e. The van der Waals surface area contributed by atoms with Gasteiger partial charge in [0.05, 0.1) is 0 Å². The van der Waals surface area contributed by atoms with Gasteiger partial charge in [0.2, 0.25) is 5.91 Å². The second-order valence-corrected chi connectivity index (χ2v) is 4.63. The summed E-state index contributed by atoms with van der Waals surface area (Å²) in [6, 6.07) is 3.72. The van der Waals surface area contributed by atoms with Gasteiger partial charge in [0.15, 0.2) is 0 Å². The van der Waals surface area contributed by atoms with E-state index in [1.165, 1.54) is 0 Å². The Kier molecular flexibility index (Phi) is 8.72. The lowest BCUT2D eigenvalue weighted by molar-refractivity contribution is -0.117. The molecule has 0 saturated carbocycles. The molecule has 1 aliphatic rings. The maximum atomic E-state index is 11.8. The third-order valence-corrected chi connectivity index (χ3v) is 3.11. The van der Waals surface area contributed by atoms with E-state index in [-0.39, 0.29) is 30.7 Å². The molecular weight excluding hydrogens is 285 g/mol. The molecule has 1 fully saturated rings. The van der Waals surface area contributed by atoms with E-state index < -0.39 is 0 Å². The minimum absolute atomic E-state index is 0. The van der Waals surface area contributed by atoms with Crippen molar-refractivity contribution in [2.75, 3.05) is 18.4 Å². The number of pyridine rings is 1. The fourth-order valence-electron chi connectivity index (χ4n) is 2.18. The molecule has 0 aromatic carbocycles. The zero-order valence-electron chi connectivity index (χ0n) is 11.0. The van der Waals surface area contributed by atoms with E-state index in [4.69, 9.17) is 0 Å². The van der Waals surface area contributed by atoms with Crippen molar-refractivity contribution < 1.29 is 4.79 Å². The number of nitrogens with one attached hydrogen (secondary N) is 2. The van der Waals surface area contributed by atoms with Gasteiger partial charge in [-0.15, -0.1) is 24.8 Å². The molecule has 2 N–H and O–H groups in total. The first-order valence-corrected chi connectivity index (χ1v) is 6.17. The van der Waals surface area contributed by atoms with E-state index in [9.17, 15) is 4.79 Å². The third kappa shape index (κ3) is 6.23. The van der Waals surface area contributed by atoms with Crippen LogP contribution in [0.3, 0.4) is 0 Å². The van der Waals surface area contributed by atoms with Crippen molar-refractivity contribution in [3.63, 3.8) is 0 Å². The van der Waals surface area contributed by atoms with Crippen molar-refractivity contribution in [3.05, 3.63) is 24.0 Å². The maximum absolute atomic E-state index is 11.8. The lowest BCUT2D eigenvalue weighted by Gasteiger charge is -2.21. The van der Waals surface area contributed by atoms with E-state index >= 15 is 0 Å². The Balaban J connectivity index is 0.00000162. The Hall–Kier alpha value is -0.840. The Bertz CT molecular complexity index is 395. The van der Waals surface area contributed by atoms with Gasteiger partial charge in [0.1, 0.15) is 0 Å². The van der Waals surface area contributed by atoms with Crippen LogP contribution in [-0.4, -0.2) is 24.0 Å². The van der Waals surface area contributed by atoms with Crippen LogP contribution in [-0.2, 0) is 4.79 Å². The number of aryl methyl sites for hydroxylation is 1. The van der Waals surface area contributed by atoms with Crippen LogP contribution in [0.25, 0.3) is 0 Å². The summed E-state index contributed by atoms with van der Waals surface area (Å²) in [5.74, 6) is 0.640. The van der Waals surface area contributed by atoms with Gasteiger partial charge in [-0.05, 0) is 50.9 Å². The number of hydrogen-bond donors (Lipinski definition) is 2. The molecule has 1 aromatic rings. The quantitative estimate of drug-likeness (QED) is 0.902. The summed E-state index contributed by atoms with van der Waals surface area (Å²) >= 11 is 0. The Labute approximate surface area is 126 Å². The summed E-state index contributed by atoms with van der Waals surface area (Å²) in [6.45, 7) is 3.99. The second-order valence-electron chi connectivity index (χ2n) is 4.63. The van der Waals surface area contributed by atoms with E-state index in [1.807, 2.05) is 19.1 Å². The topological polar surface area (TPSA) is 54.0 Å². The summed E-state index contributed by atoms with van der Waals surface area (Å²) in [5, 5.41) is 6.24. The number of rotatable bonds is 3. The summed E-state index contributed by atoms with van der Waals surface area (Å²) in [4.78, 5) is 15.9. The van der Waals surface area contributed by atoms with E-state index in [2.05, 4.69) is 15.6 Å². The van der Waals surface area contributed by atoms with Gasteiger partial charge in [0.25, 0.3) is 0 Å². The first-order valence-electron chi connectivity index (χ1n) is 6.17. The van der Waals surface area contributed by atoms with Gasteiger partial charge in [-0.3, -0.25) is 9.78 Å². The number of piperidine rings is 1. The number of aromatic nitrogens is 1. The van der Waals surface area contributed by atoms with Crippen molar-refractivity contribution in [2.24, 2.45) is 5.92 Å². The Morgan fingerprint density at radius 2 is 2.11 bits per heavy atom. The van der Waals surface area contributed by atoms with Crippen LogP contribution in [0, 0.1) is 12.8 Å². The molecule has 108 valence electrons. The molecule has 6 heteroatoms. The third-order valence-electron chi connectivity index (χ3n) is 3.11. The normalized spacial score (nSPS) is 15.0. The van der Waals surface area contributed by atoms with Crippen molar-refractivity contribution >= 4 is 36.4 Å². The largest absolute Gasteiger partial charge is 0.326 e. The van der Waals surface area contributed by atoms with Crippen LogP contribution >= 0.6 is 24.8 Å². The van der Waals surface area contributed by atoms with Crippen LogP contribution in [0.1, 0.15) is 25.0 Å². The molecule has 0 atom stereocenters. The van der Waals surface area contributed by atoms with Gasteiger partial charge in [-0.2, -0.15) is 0 Å². The highest BCUT2D eigenvalue weighted by Gasteiger charge is 2.16. The standard InChI is InChI=1S/C13H19N3O.2ClH/c1-10-8-12(4-7-15-10)16-13(17)9-11-2-5-14-6-3-11;;/h4,7-8,11,14H,2-3,5-6,9H2,1H3,(H,15,16,17);2*1H. The summed E-state index contributed by atoms with van der Waals surface area (Å²) in [5.41, 5.74) is 1.76. The first-order chi connectivity index (χ1) is 8.24. The molecule has 0 bridgehead atoms. The number of hydrogen-bond acceptors (Lipinski definition) is 3. The lowest BCUT2D eigenvalue weighted by atomic mass is 9.94. The highest BCUT2D eigenvalue weighted by molar-refractivity contribution is 5.90. The van der Waals surface area contributed by atoms with Crippen molar-refractivity contribution in [1.29, 1.82) is 0 Å². The second kappa shape index (κ2) is 9.13. The van der Waals surface area contributed by atoms with Crippen molar-refractivity contribution in [1.82, 2.24) is 10.3 Å². The van der Waals surface area contributed by atoms with Crippen LogP contribution in [0.5, 0.6) is 0 Å². The molecule has 1 saturated heterocycles. The average Bonchev–Trinajstić information content (AvgIpc) is 2.30. The smallest absolute Gasteiger partial charge is 0.224 e. The van der Waals surface area contributed by atoms with Crippen molar-refractivity contribution in [2.45, 2.75) is 26.2 Å². The van der Waals surface area contributed by atoms with Crippen LogP contribution < -0.4 is 10.6 Å². The summed E-state index contributed by atoms with van der Waals surface area (Å²) < 4.78 is 0. The van der Waals surface area contributed by atoms with Gasteiger partial charge >= 0.3 is 0 Å². The number of anilines is 1. The molecular formula is C13H21Cl2N3O. The SMILES string of the molecule is Cc1cc(NC(=O)CC2CCNCC2)ccn1.Cl.Cl. The highest BCUT2D eigenvalue weighted by Crippen LogP contribution is 2.17. The predicted molar refractivity (Wildman–Crippen MR) is 82.3 cm³/mol. The molecule has 4 nitrogen and oxygen atoms in total. The molecule has 19 heavy (non-hydrogen) atoms. The number of carbonyl (C=O) groups is 1. The fourth-order valence-corrected chi connectivity index (χ4v) is 2.18. The minimum atomic E-state index is 0. The summed E-state index contributed by atoms with van der Waals surface area (Å²) in [6.07, 6.45) is 4.55. The van der Waals surface area contributed by atoms with E-state index in [0.717, 1.165) is 37.3 Å². The molecule has 1 aromatic heterocycles. The van der Waals surface area contributed by atoms with Crippen LogP contribution in [0.2, 0.25) is 0 Å². The average molecular weight is 306 g/mol. The first kappa shape index (κ1) is 18.2. The zero-order chi connectivity index (χ0) is 12.1. The number of amides is 1. The number of carbonyl (C=O) groups excluding carboxylic acids is 1. The van der Waals surface area contributed by atoms with Gasteiger partial charge < -0.3 is 10.6 Å². The van der Waals surface area contributed by atoms with Crippen molar-refractivity contribution in [3.8, 4) is 0 Å². The predicted octanol–water partition coefficient (Wildman–Crippen LogP) is 2.56. The molecule has 0 spiro atoms. The molecule has 2 heterocycles. The highest BCUT2D eigenvalue weighted by atomic mass is 35.5. The van der Waals surface area contributed by atoms with Gasteiger partial charge in [-0.25, -0.2) is 0 Å². The van der Waals surface area contributed by atoms with E-state index in [0.29, 0.717) is 12.3 Å². The molecule has 2 rings (SSSR count).